The van der Waals surface area contributed by atoms with Crippen molar-refractivity contribution in [1.29, 1.82) is 0 Å². The zero-order chi connectivity index (χ0) is 15.5. The first kappa shape index (κ1) is 15.6. The number of rotatable bonds is 5. The van der Waals surface area contributed by atoms with E-state index in [1.54, 1.807) is 16.2 Å². The number of nitrogens with zero attached hydrogens (tertiary/aromatic N) is 1. The summed E-state index contributed by atoms with van der Waals surface area (Å²) < 4.78 is 1.09. The van der Waals surface area contributed by atoms with Crippen molar-refractivity contribution in [2.24, 2.45) is 5.92 Å². The van der Waals surface area contributed by atoms with Crippen molar-refractivity contribution >= 4 is 33.3 Å². The summed E-state index contributed by atoms with van der Waals surface area (Å²) in [5, 5.41) is 3.20. The van der Waals surface area contributed by atoms with Gasteiger partial charge in [0.05, 0.1) is 16.4 Å². The van der Waals surface area contributed by atoms with Crippen molar-refractivity contribution in [3.05, 3.63) is 56.7 Å². The molecule has 1 aromatic carbocycles. The Morgan fingerprint density at radius 1 is 1.32 bits per heavy atom. The second-order valence-corrected chi connectivity index (χ2v) is 8.28. The van der Waals surface area contributed by atoms with E-state index in [0.717, 1.165) is 3.79 Å². The van der Waals surface area contributed by atoms with Crippen LogP contribution in [0.5, 0.6) is 0 Å². The van der Waals surface area contributed by atoms with Gasteiger partial charge in [0.25, 0.3) is 0 Å². The number of hydrogen-bond donors (Lipinski definition) is 1. The standard InChI is InChI=1S/C17H19BrN2OS/c1-20(11-14-9-10-15(18)22-14)17(21)19-16(13-7-8-13)12-5-3-2-4-6-12/h2-6,9-10,13,16H,7-8,11H2,1H3,(H,19,21). The number of amides is 2. The molecule has 0 aliphatic heterocycles. The monoisotopic (exact) mass is 378 g/mol. The Hall–Kier alpha value is -1.33. The van der Waals surface area contributed by atoms with E-state index in [1.165, 1.54) is 23.3 Å². The van der Waals surface area contributed by atoms with E-state index in [1.807, 2.05) is 37.4 Å². The molecule has 1 aliphatic rings. The minimum Gasteiger partial charge on any atom is -0.331 e. The van der Waals surface area contributed by atoms with Crippen LogP contribution in [0.1, 0.15) is 29.3 Å². The summed E-state index contributed by atoms with van der Waals surface area (Å²) in [6.45, 7) is 0.633. The van der Waals surface area contributed by atoms with Crippen LogP contribution in [-0.4, -0.2) is 18.0 Å². The molecule has 2 amide bonds. The summed E-state index contributed by atoms with van der Waals surface area (Å²) in [4.78, 5) is 15.4. The van der Waals surface area contributed by atoms with Gasteiger partial charge in [-0.05, 0) is 52.4 Å². The van der Waals surface area contributed by atoms with Crippen LogP contribution in [0.3, 0.4) is 0 Å². The lowest BCUT2D eigenvalue weighted by Gasteiger charge is -2.23. The van der Waals surface area contributed by atoms with E-state index < -0.39 is 0 Å². The van der Waals surface area contributed by atoms with Crippen LogP contribution in [0.2, 0.25) is 0 Å². The van der Waals surface area contributed by atoms with E-state index in [0.29, 0.717) is 12.5 Å². The molecule has 22 heavy (non-hydrogen) atoms. The number of nitrogens with one attached hydrogen (secondary N) is 1. The van der Waals surface area contributed by atoms with E-state index in [2.05, 4.69) is 33.4 Å². The Balaban J connectivity index is 1.63. The Labute approximate surface area is 143 Å². The molecule has 3 nitrogen and oxygen atoms in total. The van der Waals surface area contributed by atoms with Crippen LogP contribution in [0.25, 0.3) is 0 Å². The topological polar surface area (TPSA) is 32.3 Å². The molecular weight excluding hydrogens is 360 g/mol. The maximum absolute atomic E-state index is 12.5. The molecule has 5 heteroatoms. The predicted octanol–water partition coefficient (Wildman–Crippen LogP) is 4.80. The number of carbonyl (C=O) groups excluding carboxylic acids is 1. The summed E-state index contributed by atoms with van der Waals surface area (Å²) >= 11 is 5.12. The smallest absolute Gasteiger partial charge is 0.317 e. The van der Waals surface area contributed by atoms with Crippen LogP contribution in [0.4, 0.5) is 4.79 Å². The van der Waals surface area contributed by atoms with Crippen molar-refractivity contribution in [2.75, 3.05) is 7.05 Å². The first-order valence-electron chi connectivity index (χ1n) is 7.44. The number of carbonyl (C=O) groups is 1. The molecular formula is C17H19BrN2OS. The molecule has 1 aliphatic carbocycles. The fraction of sp³-hybridized carbons (Fsp3) is 0.353. The van der Waals surface area contributed by atoms with Crippen molar-refractivity contribution in [2.45, 2.75) is 25.4 Å². The lowest BCUT2D eigenvalue weighted by molar-refractivity contribution is 0.201. The quantitative estimate of drug-likeness (QED) is 0.795. The molecule has 1 fully saturated rings. The first-order valence-corrected chi connectivity index (χ1v) is 9.05. The molecule has 1 N–H and O–H groups in total. The Morgan fingerprint density at radius 3 is 2.64 bits per heavy atom. The average molecular weight is 379 g/mol. The van der Waals surface area contributed by atoms with Gasteiger partial charge in [-0.15, -0.1) is 11.3 Å². The van der Waals surface area contributed by atoms with E-state index in [9.17, 15) is 4.79 Å². The molecule has 0 radical (unpaired) electrons. The molecule has 1 heterocycles. The number of benzene rings is 1. The predicted molar refractivity (Wildman–Crippen MR) is 93.9 cm³/mol. The van der Waals surface area contributed by atoms with Gasteiger partial charge in [0.2, 0.25) is 0 Å². The molecule has 116 valence electrons. The third-order valence-electron chi connectivity index (χ3n) is 3.90. The molecule has 0 bridgehead atoms. The minimum atomic E-state index is -0.00900. The Kier molecular flexibility index (Phi) is 4.84. The highest BCUT2D eigenvalue weighted by Crippen LogP contribution is 2.41. The molecule has 1 aromatic heterocycles. The normalized spacial score (nSPS) is 15.4. The third kappa shape index (κ3) is 3.90. The summed E-state index contributed by atoms with van der Waals surface area (Å²) in [6.07, 6.45) is 2.39. The largest absolute Gasteiger partial charge is 0.331 e. The SMILES string of the molecule is CN(Cc1ccc(Br)s1)C(=O)NC(c1ccccc1)C1CC1. The zero-order valence-electron chi connectivity index (χ0n) is 12.5. The summed E-state index contributed by atoms with van der Waals surface area (Å²) in [6, 6.07) is 14.5. The molecule has 1 saturated carbocycles. The second-order valence-electron chi connectivity index (χ2n) is 5.74. The van der Waals surface area contributed by atoms with Crippen LogP contribution >= 0.6 is 27.3 Å². The van der Waals surface area contributed by atoms with Gasteiger partial charge < -0.3 is 10.2 Å². The second kappa shape index (κ2) is 6.84. The van der Waals surface area contributed by atoms with Crippen molar-refractivity contribution in [3.63, 3.8) is 0 Å². The molecule has 2 aromatic rings. The average Bonchev–Trinajstić information content (AvgIpc) is 3.28. The highest BCUT2D eigenvalue weighted by Gasteiger charge is 2.33. The van der Waals surface area contributed by atoms with Crippen molar-refractivity contribution in [3.8, 4) is 0 Å². The van der Waals surface area contributed by atoms with E-state index in [-0.39, 0.29) is 12.1 Å². The Bertz CT molecular complexity index is 639. The fourth-order valence-corrected chi connectivity index (χ4v) is 4.09. The molecule has 0 saturated heterocycles. The Morgan fingerprint density at radius 2 is 2.05 bits per heavy atom. The number of thiophene rings is 1. The highest BCUT2D eigenvalue weighted by atomic mass is 79.9. The highest BCUT2D eigenvalue weighted by molar-refractivity contribution is 9.11. The van der Waals surface area contributed by atoms with Gasteiger partial charge in [-0.25, -0.2) is 4.79 Å². The summed E-state index contributed by atoms with van der Waals surface area (Å²) in [5.74, 6) is 0.579. The fourth-order valence-electron chi connectivity index (χ4n) is 2.55. The number of halogens is 1. The van der Waals surface area contributed by atoms with Gasteiger partial charge >= 0.3 is 6.03 Å². The maximum Gasteiger partial charge on any atom is 0.317 e. The van der Waals surface area contributed by atoms with Crippen LogP contribution in [0.15, 0.2) is 46.3 Å². The van der Waals surface area contributed by atoms with Gasteiger partial charge in [-0.1, -0.05) is 30.3 Å². The third-order valence-corrected chi connectivity index (χ3v) is 5.51. The van der Waals surface area contributed by atoms with Crippen LogP contribution in [0, 0.1) is 5.92 Å². The first-order chi connectivity index (χ1) is 10.6. The zero-order valence-corrected chi connectivity index (χ0v) is 14.9. The number of hydrogen-bond acceptors (Lipinski definition) is 2. The van der Waals surface area contributed by atoms with Gasteiger partial charge in [-0.2, -0.15) is 0 Å². The lowest BCUT2D eigenvalue weighted by atomic mass is 10.0. The summed E-state index contributed by atoms with van der Waals surface area (Å²) in [7, 11) is 1.85. The maximum atomic E-state index is 12.5. The van der Waals surface area contributed by atoms with Crippen LogP contribution in [-0.2, 0) is 6.54 Å². The van der Waals surface area contributed by atoms with E-state index >= 15 is 0 Å². The van der Waals surface area contributed by atoms with Gasteiger partial charge in [-0.3, -0.25) is 0 Å². The lowest BCUT2D eigenvalue weighted by Crippen LogP contribution is -2.39. The van der Waals surface area contributed by atoms with Gasteiger partial charge in [0, 0.05) is 11.9 Å². The van der Waals surface area contributed by atoms with E-state index in [4.69, 9.17) is 0 Å². The minimum absolute atomic E-state index is 0.00900. The molecule has 0 spiro atoms. The number of urea groups is 1. The van der Waals surface area contributed by atoms with Crippen molar-refractivity contribution in [1.82, 2.24) is 10.2 Å². The van der Waals surface area contributed by atoms with Gasteiger partial charge in [0.15, 0.2) is 0 Å². The molecule has 1 unspecified atom stereocenters. The molecule has 3 rings (SSSR count). The van der Waals surface area contributed by atoms with Gasteiger partial charge in [0.1, 0.15) is 0 Å². The molecule has 1 atom stereocenters. The van der Waals surface area contributed by atoms with Crippen LogP contribution < -0.4 is 5.32 Å². The summed E-state index contributed by atoms with van der Waals surface area (Å²) in [5.41, 5.74) is 1.20. The van der Waals surface area contributed by atoms with Crippen molar-refractivity contribution < 1.29 is 4.79 Å².